The van der Waals surface area contributed by atoms with Gasteiger partial charge in [-0.15, -0.1) is 0 Å². The second-order valence-corrected chi connectivity index (χ2v) is 4.94. The molecule has 0 radical (unpaired) electrons. The largest absolute Gasteiger partial charge is 0.345 e. The lowest BCUT2D eigenvalue weighted by molar-refractivity contribution is -0.130. The summed E-state index contributed by atoms with van der Waals surface area (Å²) in [5.41, 5.74) is 0. The first kappa shape index (κ1) is 15.2. The van der Waals surface area contributed by atoms with E-state index in [-0.39, 0.29) is 5.91 Å². The Labute approximate surface area is 124 Å². The lowest BCUT2D eigenvalue weighted by Crippen LogP contribution is -2.29. The zero-order valence-electron chi connectivity index (χ0n) is 12.7. The van der Waals surface area contributed by atoms with Crippen LogP contribution in [-0.2, 0) is 24.2 Å². The van der Waals surface area contributed by atoms with E-state index < -0.39 is 0 Å². The van der Waals surface area contributed by atoms with Crippen molar-refractivity contribution in [1.29, 1.82) is 0 Å². The number of hydrogen-bond donors (Lipinski definition) is 0. The summed E-state index contributed by atoms with van der Waals surface area (Å²) in [6.07, 6.45) is 5.62. The van der Waals surface area contributed by atoms with Crippen LogP contribution < -0.4 is 0 Å². The van der Waals surface area contributed by atoms with Crippen LogP contribution in [0.5, 0.6) is 0 Å². The van der Waals surface area contributed by atoms with Crippen LogP contribution in [0, 0.1) is 6.92 Å². The second kappa shape index (κ2) is 7.01. The lowest BCUT2D eigenvalue weighted by Gasteiger charge is -2.16. The molecule has 1 amide bonds. The summed E-state index contributed by atoms with van der Waals surface area (Å²) in [5, 5.41) is 3.82. The fraction of sp³-hybridized carbons (Fsp3) is 0.571. The molecule has 0 bridgehead atoms. The van der Waals surface area contributed by atoms with Gasteiger partial charge in [0.2, 0.25) is 11.8 Å². The van der Waals surface area contributed by atoms with E-state index in [9.17, 15) is 4.79 Å². The van der Waals surface area contributed by atoms with E-state index in [2.05, 4.69) is 22.0 Å². The Balaban J connectivity index is 1.77. The van der Waals surface area contributed by atoms with Gasteiger partial charge in [0, 0.05) is 58.7 Å². The van der Waals surface area contributed by atoms with Crippen molar-refractivity contribution in [3.8, 4) is 0 Å². The second-order valence-electron chi connectivity index (χ2n) is 4.94. The molecule has 0 unspecified atom stereocenters. The van der Waals surface area contributed by atoms with Gasteiger partial charge in [0.05, 0.1) is 0 Å². The predicted molar refractivity (Wildman–Crippen MR) is 76.6 cm³/mol. The summed E-state index contributed by atoms with van der Waals surface area (Å²) < 4.78 is 6.93. The Hall–Kier alpha value is -2.18. The summed E-state index contributed by atoms with van der Waals surface area (Å²) >= 11 is 0. The van der Waals surface area contributed by atoms with E-state index in [0.717, 1.165) is 12.2 Å². The number of nitrogens with zero attached hydrogens (tertiary/aromatic N) is 5. The molecule has 0 saturated carbocycles. The SMILES string of the molecule is CCc1nccn1CCC(=O)N(C)CCc1noc(C)n1. The first-order valence-corrected chi connectivity index (χ1v) is 7.13. The minimum atomic E-state index is 0.103. The van der Waals surface area contributed by atoms with E-state index >= 15 is 0 Å². The molecule has 7 heteroatoms. The molecule has 0 atom stereocenters. The van der Waals surface area contributed by atoms with Crippen LogP contribution in [0.4, 0.5) is 0 Å². The molecule has 114 valence electrons. The summed E-state index contributed by atoms with van der Waals surface area (Å²) in [6, 6.07) is 0. The highest BCUT2D eigenvalue weighted by Gasteiger charge is 2.11. The fourth-order valence-electron chi connectivity index (χ4n) is 2.10. The third-order valence-electron chi connectivity index (χ3n) is 3.35. The average Bonchev–Trinajstić information content (AvgIpc) is 3.10. The maximum absolute atomic E-state index is 12.1. The van der Waals surface area contributed by atoms with Crippen molar-refractivity contribution in [2.24, 2.45) is 0 Å². The van der Waals surface area contributed by atoms with Crippen LogP contribution >= 0.6 is 0 Å². The number of rotatable bonds is 7. The van der Waals surface area contributed by atoms with Crippen molar-refractivity contribution < 1.29 is 9.32 Å². The number of carbonyl (C=O) groups excluding carboxylic acids is 1. The maximum atomic E-state index is 12.1. The standard InChI is InChI=1S/C14H21N5O2/c1-4-13-15-7-10-19(13)9-6-14(20)18(3)8-5-12-16-11(2)21-17-12/h7,10H,4-6,8-9H2,1-3H3. The number of aryl methyl sites for hydroxylation is 3. The number of hydrogen-bond acceptors (Lipinski definition) is 5. The van der Waals surface area contributed by atoms with Crippen LogP contribution in [0.25, 0.3) is 0 Å². The number of carbonyl (C=O) groups is 1. The van der Waals surface area contributed by atoms with Gasteiger partial charge in [0.1, 0.15) is 5.82 Å². The van der Waals surface area contributed by atoms with Crippen molar-refractivity contribution >= 4 is 5.91 Å². The van der Waals surface area contributed by atoms with Gasteiger partial charge in [0.25, 0.3) is 0 Å². The lowest BCUT2D eigenvalue weighted by atomic mass is 10.3. The van der Waals surface area contributed by atoms with Gasteiger partial charge in [-0.25, -0.2) is 4.98 Å². The van der Waals surface area contributed by atoms with Gasteiger partial charge in [0.15, 0.2) is 5.82 Å². The summed E-state index contributed by atoms with van der Waals surface area (Å²) in [6.45, 7) is 5.05. The molecular formula is C14H21N5O2. The Bertz CT molecular complexity index is 590. The molecule has 0 aliphatic heterocycles. The van der Waals surface area contributed by atoms with Crippen LogP contribution in [0.2, 0.25) is 0 Å². The van der Waals surface area contributed by atoms with Crippen molar-refractivity contribution in [3.63, 3.8) is 0 Å². The third-order valence-corrected chi connectivity index (χ3v) is 3.35. The van der Waals surface area contributed by atoms with Crippen molar-refractivity contribution in [2.45, 2.75) is 39.7 Å². The van der Waals surface area contributed by atoms with Crippen molar-refractivity contribution in [3.05, 3.63) is 29.9 Å². The highest BCUT2D eigenvalue weighted by molar-refractivity contribution is 5.75. The molecule has 7 nitrogen and oxygen atoms in total. The number of amides is 1. The Kier molecular flexibility index (Phi) is 5.08. The van der Waals surface area contributed by atoms with Crippen LogP contribution in [0.1, 0.15) is 30.9 Å². The van der Waals surface area contributed by atoms with Gasteiger partial charge in [-0.05, 0) is 0 Å². The van der Waals surface area contributed by atoms with Crippen LogP contribution in [0.15, 0.2) is 16.9 Å². The molecule has 2 aromatic rings. The fourth-order valence-corrected chi connectivity index (χ4v) is 2.10. The van der Waals surface area contributed by atoms with Gasteiger partial charge < -0.3 is 14.0 Å². The molecule has 0 spiro atoms. The Morgan fingerprint density at radius 3 is 2.95 bits per heavy atom. The molecule has 0 N–H and O–H groups in total. The first-order valence-electron chi connectivity index (χ1n) is 7.13. The van der Waals surface area contributed by atoms with E-state index in [1.807, 2.05) is 10.8 Å². The molecule has 21 heavy (non-hydrogen) atoms. The van der Waals surface area contributed by atoms with Gasteiger partial charge in [-0.3, -0.25) is 4.79 Å². The number of aromatic nitrogens is 4. The quantitative estimate of drug-likeness (QED) is 0.766. The Morgan fingerprint density at radius 2 is 2.29 bits per heavy atom. The van der Waals surface area contributed by atoms with E-state index in [1.165, 1.54) is 0 Å². The molecule has 2 rings (SSSR count). The van der Waals surface area contributed by atoms with Crippen molar-refractivity contribution in [1.82, 2.24) is 24.6 Å². The van der Waals surface area contributed by atoms with E-state index in [0.29, 0.717) is 37.6 Å². The summed E-state index contributed by atoms with van der Waals surface area (Å²) in [5.74, 6) is 2.29. The highest BCUT2D eigenvalue weighted by Crippen LogP contribution is 2.03. The molecule has 0 aliphatic rings. The van der Waals surface area contributed by atoms with Crippen LogP contribution in [0.3, 0.4) is 0 Å². The number of imidazole rings is 1. The zero-order chi connectivity index (χ0) is 15.2. The summed E-state index contributed by atoms with van der Waals surface area (Å²) in [7, 11) is 1.80. The Morgan fingerprint density at radius 1 is 1.48 bits per heavy atom. The van der Waals surface area contributed by atoms with Gasteiger partial charge in [-0.1, -0.05) is 12.1 Å². The molecular weight excluding hydrogens is 270 g/mol. The first-order chi connectivity index (χ1) is 10.1. The normalized spacial score (nSPS) is 10.8. The average molecular weight is 291 g/mol. The topological polar surface area (TPSA) is 77.0 Å². The third kappa shape index (κ3) is 4.14. The minimum Gasteiger partial charge on any atom is -0.345 e. The van der Waals surface area contributed by atoms with E-state index in [4.69, 9.17) is 4.52 Å². The highest BCUT2D eigenvalue weighted by atomic mass is 16.5. The monoisotopic (exact) mass is 291 g/mol. The molecule has 2 heterocycles. The maximum Gasteiger partial charge on any atom is 0.224 e. The number of likely N-dealkylation sites (N-methyl/N-ethyl adjacent to an activating group) is 1. The molecule has 2 aromatic heterocycles. The van der Waals surface area contributed by atoms with Crippen molar-refractivity contribution in [2.75, 3.05) is 13.6 Å². The molecule has 0 saturated heterocycles. The van der Waals surface area contributed by atoms with E-state index in [1.54, 1.807) is 25.1 Å². The smallest absolute Gasteiger partial charge is 0.224 e. The zero-order valence-corrected chi connectivity index (χ0v) is 12.7. The van der Waals surface area contributed by atoms with Gasteiger partial charge >= 0.3 is 0 Å². The molecule has 0 aliphatic carbocycles. The van der Waals surface area contributed by atoms with Crippen LogP contribution in [-0.4, -0.2) is 44.1 Å². The minimum absolute atomic E-state index is 0.103. The molecule has 0 aromatic carbocycles. The predicted octanol–water partition coefficient (Wildman–Crippen LogP) is 1.23. The molecule has 0 fully saturated rings. The summed E-state index contributed by atoms with van der Waals surface area (Å²) in [4.78, 5) is 22.2. The van der Waals surface area contributed by atoms with Gasteiger partial charge in [-0.2, -0.15) is 4.98 Å².